The molecule has 0 aliphatic carbocycles. The minimum atomic E-state index is -0.115. The summed E-state index contributed by atoms with van der Waals surface area (Å²) in [6.45, 7) is 0.403. The molecule has 0 aliphatic heterocycles. The lowest BCUT2D eigenvalue weighted by Gasteiger charge is -2.22. The van der Waals surface area contributed by atoms with Gasteiger partial charge in [-0.3, -0.25) is 9.78 Å². The molecule has 0 saturated carbocycles. The van der Waals surface area contributed by atoms with Gasteiger partial charge >= 0.3 is 0 Å². The number of rotatable bonds is 4. The van der Waals surface area contributed by atoms with E-state index in [1.54, 1.807) is 29.6 Å². The molecule has 0 saturated heterocycles. The number of aromatic nitrogens is 3. The minimum absolute atomic E-state index is 0.115. The molecule has 0 fully saturated rings. The maximum atomic E-state index is 13.2. The van der Waals surface area contributed by atoms with Gasteiger partial charge < -0.3 is 9.30 Å². The van der Waals surface area contributed by atoms with Crippen molar-refractivity contribution in [1.82, 2.24) is 14.4 Å². The predicted molar refractivity (Wildman–Crippen MR) is 104 cm³/mol. The van der Waals surface area contributed by atoms with Crippen molar-refractivity contribution in [2.24, 2.45) is 0 Å². The van der Waals surface area contributed by atoms with Crippen molar-refractivity contribution in [1.29, 1.82) is 0 Å². The molecule has 0 radical (unpaired) electrons. The van der Waals surface area contributed by atoms with Crippen LogP contribution in [0.1, 0.15) is 16.1 Å². The number of para-hydroxylation sites is 1. The van der Waals surface area contributed by atoms with Crippen LogP contribution < -0.4 is 4.90 Å². The lowest BCUT2D eigenvalue weighted by Crippen LogP contribution is -2.31. The van der Waals surface area contributed by atoms with E-state index < -0.39 is 0 Å². The Morgan fingerprint density at radius 1 is 1.04 bits per heavy atom. The zero-order valence-electron chi connectivity index (χ0n) is 13.8. The highest BCUT2D eigenvalue weighted by molar-refractivity contribution is 9.10. The number of benzene rings is 1. The Bertz CT molecular complexity index is 1060. The third-order valence-electron chi connectivity index (χ3n) is 4.08. The maximum absolute atomic E-state index is 13.2. The number of pyridine rings is 2. The minimum Gasteiger partial charge on any atom is -0.302 e. The number of anilines is 1. The second-order valence-corrected chi connectivity index (χ2v) is 6.71. The molecule has 0 N–H and O–H groups in total. The molecule has 5 nitrogen and oxygen atoms in total. The Morgan fingerprint density at radius 2 is 1.85 bits per heavy atom. The van der Waals surface area contributed by atoms with E-state index in [2.05, 4.69) is 25.9 Å². The summed E-state index contributed by atoms with van der Waals surface area (Å²) in [5.74, 6) is -0.115. The lowest BCUT2D eigenvalue weighted by molar-refractivity contribution is 0.0984. The van der Waals surface area contributed by atoms with E-state index in [1.165, 1.54) is 0 Å². The topological polar surface area (TPSA) is 50.5 Å². The van der Waals surface area contributed by atoms with E-state index in [4.69, 9.17) is 0 Å². The normalized spacial score (nSPS) is 10.8. The van der Waals surface area contributed by atoms with E-state index in [0.29, 0.717) is 12.1 Å². The van der Waals surface area contributed by atoms with Crippen LogP contribution in [0.25, 0.3) is 5.65 Å². The Morgan fingerprint density at radius 3 is 2.65 bits per heavy atom. The van der Waals surface area contributed by atoms with Gasteiger partial charge in [0.1, 0.15) is 5.65 Å². The largest absolute Gasteiger partial charge is 0.302 e. The monoisotopic (exact) mass is 406 g/mol. The number of halogens is 1. The SMILES string of the molecule is O=C(c1cncc(Br)c1)N(Cc1cnc2ccccn12)c1ccccc1. The first kappa shape index (κ1) is 16.5. The fourth-order valence-electron chi connectivity index (χ4n) is 2.84. The summed E-state index contributed by atoms with van der Waals surface area (Å²) in [5, 5.41) is 0. The number of hydrogen-bond acceptors (Lipinski definition) is 3. The second kappa shape index (κ2) is 7.09. The van der Waals surface area contributed by atoms with Crippen LogP contribution in [0.15, 0.2) is 83.9 Å². The molecule has 4 rings (SSSR count). The van der Waals surface area contributed by atoms with Gasteiger partial charge in [-0.2, -0.15) is 0 Å². The summed E-state index contributed by atoms with van der Waals surface area (Å²) in [6.07, 6.45) is 7.00. The van der Waals surface area contributed by atoms with Crippen LogP contribution in [0.2, 0.25) is 0 Å². The van der Waals surface area contributed by atoms with Gasteiger partial charge in [0.25, 0.3) is 5.91 Å². The molecule has 3 aromatic heterocycles. The van der Waals surface area contributed by atoms with Crippen molar-refractivity contribution < 1.29 is 4.79 Å². The molecule has 128 valence electrons. The zero-order chi connectivity index (χ0) is 17.9. The fraction of sp³-hybridized carbons (Fsp3) is 0.0500. The Labute approximate surface area is 159 Å². The van der Waals surface area contributed by atoms with Crippen LogP contribution in [0.5, 0.6) is 0 Å². The predicted octanol–water partition coefficient (Wildman–Crippen LogP) is 4.34. The molecule has 0 aliphatic rings. The first-order valence-electron chi connectivity index (χ1n) is 8.11. The number of imidazole rings is 1. The van der Waals surface area contributed by atoms with E-state index in [1.807, 2.05) is 59.1 Å². The average molecular weight is 407 g/mol. The van der Waals surface area contributed by atoms with E-state index in [-0.39, 0.29) is 5.91 Å². The van der Waals surface area contributed by atoms with Crippen molar-refractivity contribution in [3.63, 3.8) is 0 Å². The molecule has 6 heteroatoms. The van der Waals surface area contributed by atoms with Crippen LogP contribution in [0.4, 0.5) is 5.69 Å². The number of hydrogen-bond donors (Lipinski definition) is 0. The highest BCUT2D eigenvalue weighted by atomic mass is 79.9. The van der Waals surface area contributed by atoms with Gasteiger partial charge in [-0.25, -0.2) is 4.98 Å². The number of nitrogens with zero attached hydrogens (tertiary/aromatic N) is 4. The van der Waals surface area contributed by atoms with Gasteiger partial charge in [-0.1, -0.05) is 24.3 Å². The molecular formula is C20H15BrN4O. The van der Waals surface area contributed by atoms with Crippen LogP contribution in [0.3, 0.4) is 0 Å². The smallest absolute Gasteiger partial charge is 0.260 e. The van der Waals surface area contributed by atoms with Gasteiger partial charge in [0, 0.05) is 28.8 Å². The molecule has 26 heavy (non-hydrogen) atoms. The van der Waals surface area contributed by atoms with E-state index >= 15 is 0 Å². The molecule has 0 unspecified atom stereocenters. The zero-order valence-corrected chi connectivity index (χ0v) is 15.4. The summed E-state index contributed by atoms with van der Waals surface area (Å²) in [4.78, 5) is 23.5. The van der Waals surface area contributed by atoms with Gasteiger partial charge in [-0.05, 0) is 46.3 Å². The van der Waals surface area contributed by atoms with Crippen LogP contribution in [-0.2, 0) is 6.54 Å². The summed E-state index contributed by atoms with van der Waals surface area (Å²) >= 11 is 3.38. The molecule has 3 heterocycles. The summed E-state index contributed by atoms with van der Waals surface area (Å²) < 4.78 is 2.76. The van der Waals surface area contributed by atoms with E-state index in [9.17, 15) is 4.79 Å². The molecule has 0 atom stereocenters. The Kier molecular flexibility index (Phi) is 4.50. The first-order chi connectivity index (χ1) is 12.7. The van der Waals surface area contributed by atoms with Crippen LogP contribution in [0, 0.1) is 0 Å². The van der Waals surface area contributed by atoms with Crippen molar-refractivity contribution >= 4 is 33.2 Å². The molecular weight excluding hydrogens is 392 g/mol. The highest BCUT2D eigenvalue weighted by Crippen LogP contribution is 2.21. The number of fused-ring (bicyclic) bond motifs is 1. The Hall–Kier alpha value is -2.99. The van der Waals surface area contributed by atoms with Gasteiger partial charge in [-0.15, -0.1) is 0 Å². The van der Waals surface area contributed by atoms with E-state index in [0.717, 1.165) is 21.5 Å². The summed E-state index contributed by atoms with van der Waals surface area (Å²) in [6, 6.07) is 17.2. The van der Waals surface area contributed by atoms with Crippen molar-refractivity contribution in [2.45, 2.75) is 6.54 Å². The van der Waals surface area contributed by atoms with Gasteiger partial charge in [0.05, 0.1) is 24.0 Å². The quantitative estimate of drug-likeness (QED) is 0.506. The Balaban J connectivity index is 1.75. The third kappa shape index (κ3) is 3.23. The lowest BCUT2D eigenvalue weighted by atomic mass is 10.2. The second-order valence-electron chi connectivity index (χ2n) is 5.80. The number of carbonyl (C=O) groups is 1. The maximum Gasteiger partial charge on any atom is 0.260 e. The molecule has 0 spiro atoms. The fourth-order valence-corrected chi connectivity index (χ4v) is 3.20. The van der Waals surface area contributed by atoms with Crippen LogP contribution >= 0.6 is 15.9 Å². The number of carbonyl (C=O) groups excluding carboxylic acids is 1. The van der Waals surface area contributed by atoms with Crippen LogP contribution in [-0.4, -0.2) is 20.3 Å². The van der Waals surface area contributed by atoms with Gasteiger partial charge in [0.2, 0.25) is 0 Å². The highest BCUT2D eigenvalue weighted by Gasteiger charge is 2.20. The molecule has 1 amide bonds. The molecule has 4 aromatic rings. The number of amides is 1. The van der Waals surface area contributed by atoms with Crippen molar-refractivity contribution in [2.75, 3.05) is 4.90 Å². The average Bonchev–Trinajstić information content (AvgIpc) is 3.09. The third-order valence-corrected chi connectivity index (χ3v) is 4.51. The standard InChI is InChI=1S/C20H15BrN4O/c21-16-10-15(11-22-12-16)20(26)25(17-6-2-1-3-7-17)14-18-13-23-19-8-4-5-9-24(18)19/h1-13H,14H2. The summed E-state index contributed by atoms with van der Waals surface area (Å²) in [5.41, 5.74) is 3.13. The summed E-state index contributed by atoms with van der Waals surface area (Å²) in [7, 11) is 0. The van der Waals surface area contributed by atoms with Crippen molar-refractivity contribution in [3.05, 3.63) is 95.1 Å². The van der Waals surface area contributed by atoms with Gasteiger partial charge in [0.15, 0.2) is 0 Å². The first-order valence-corrected chi connectivity index (χ1v) is 8.90. The van der Waals surface area contributed by atoms with Crippen molar-refractivity contribution in [3.8, 4) is 0 Å². The molecule has 1 aromatic carbocycles. The molecule has 0 bridgehead atoms.